The van der Waals surface area contributed by atoms with Gasteiger partial charge >= 0.3 is 0 Å². The molecule has 0 spiro atoms. The Morgan fingerprint density at radius 1 is 1.26 bits per heavy atom. The maximum atomic E-state index is 11.2. The molecule has 0 atom stereocenters. The number of halogens is 1. The predicted octanol–water partition coefficient (Wildman–Crippen LogP) is 4.87. The Balaban J connectivity index is 2.16. The molecule has 118 valence electrons. The van der Waals surface area contributed by atoms with Crippen LogP contribution in [0.1, 0.15) is 11.1 Å². The smallest absolute Gasteiger partial charge is 0.222 e. The zero-order valence-electron chi connectivity index (χ0n) is 12.7. The Morgan fingerprint density at radius 3 is 2.57 bits per heavy atom. The van der Waals surface area contributed by atoms with Crippen LogP contribution in [0.3, 0.4) is 0 Å². The van der Waals surface area contributed by atoms with Crippen molar-refractivity contribution in [3.63, 3.8) is 0 Å². The number of hydrogen-bond donors (Lipinski definition) is 1. The summed E-state index contributed by atoms with van der Waals surface area (Å²) in [5.74, 6) is 0.651. The molecule has 0 saturated carbocycles. The second kappa shape index (κ2) is 6.04. The number of aryl methyl sites for hydroxylation is 1. The molecular weight excluding hydrogens is 360 g/mol. The first-order valence-corrected chi connectivity index (χ1v) is 7.82. The van der Waals surface area contributed by atoms with Crippen LogP contribution in [0.5, 0.6) is 11.6 Å². The third kappa shape index (κ3) is 2.70. The van der Waals surface area contributed by atoms with E-state index in [1.807, 2.05) is 37.3 Å². The number of benzene rings is 2. The highest BCUT2D eigenvalue weighted by molar-refractivity contribution is 9.10. The fourth-order valence-electron chi connectivity index (χ4n) is 2.79. The van der Waals surface area contributed by atoms with Crippen molar-refractivity contribution in [2.75, 3.05) is 7.11 Å². The number of methoxy groups -OCH3 is 1. The lowest BCUT2D eigenvalue weighted by molar-refractivity contribution is 0.414. The molecule has 0 fully saturated rings. The Hall–Kier alpha value is -2.34. The minimum atomic E-state index is -0.119. The van der Waals surface area contributed by atoms with Gasteiger partial charge in [-0.25, -0.2) is 0 Å². The maximum absolute atomic E-state index is 11.2. The van der Waals surface area contributed by atoms with E-state index in [1.54, 1.807) is 17.7 Å². The number of hydrogen-bond acceptors (Lipinski definition) is 4. The number of aromatic hydroxyl groups is 1. The highest BCUT2D eigenvalue weighted by Gasteiger charge is 2.19. The van der Waals surface area contributed by atoms with Gasteiger partial charge in [0.1, 0.15) is 5.75 Å². The van der Waals surface area contributed by atoms with Crippen molar-refractivity contribution in [3.05, 3.63) is 56.9 Å². The molecular formula is C17H15BrN2O3. The van der Waals surface area contributed by atoms with Crippen molar-refractivity contribution in [3.8, 4) is 11.6 Å². The molecule has 2 aromatic carbocycles. The third-order valence-corrected chi connectivity index (χ3v) is 4.31. The highest BCUT2D eigenvalue weighted by atomic mass is 79.9. The molecule has 0 amide bonds. The SMILES string of the molecule is COc1ccc(Cn2c(O)c(N=O)c3cc(Br)cc(C)c32)cc1. The summed E-state index contributed by atoms with van der Waals surface area (Å²) in [5, 5.41) is 14.1. The van der Waals surface area contributed by atoms with Crippen LogP contribution in [-0.4, -0.2) is 16.8 Å². The summed E-state index contributed by atoms with van der Waals surface area (Å²) in [5.41, 5.74) is 2.81. The van der Waals surface area contributed by atoms with Gasteiger partial charge in [-0.15, -0.1) is 4.91 Å². The normalized spacial score (nSPS) is 10.9. The average Bonchev–Trinajstić information content (AvgIpc) is 2.79. The number of rotatable bonds is 4. The van der Waals surface area contributed by atoms with E-state index in [4.69, 9.17) is 4.74 Å². The fraction of sp³-hybridized carbons (Fsp3) is 0.176. The van der Waals surface area contributed by atoms with Crippen molar-refractivity contribution in [2.24, 2.45) is 5.18 Å². The standard InChI is InChI=1S/C17H15BrN2O3/c1-10-7-12(18)8-14-15(19-22)17(21)20(16(10)14)9-11-3-5-13(23-2)6-4-11/h3-8,21H,9H2,1-2H3. The average molecular weight is 375 g/mol. The van der Waals surface area contributed by atoms with E-state index < -0.39 is 0 Å². The number of nitroso groups, excluding NO2 is 1. The highest BCUT2D eigenvalue weighted by Crippen LogP contribution is 2.41. The maximum Gasteiger partial charge on any atom is 0.222 e. The monoisotopic (exact) mass is 374 g/mol. The molecule has 0 radical (unpaired) electrons. The Labute approximate surface area is 141 Å². The number of nitrogens with zero attached hydrogens (tertiary/aromatic N) is 2. The summed E-state index contributed by atoms with van der Waals surface area (Å²) >= 11 is 3.41. The quantitative estimate of drug-likeness (QED) is 0.662. The zero-order chi connectivity index (χ0) is 16.6. The Kier molecular flexibility index (Phi) is 4.09. The van der Waals surface area contributed by atoms with Gasteiger partial charge in [-0.3, -0.25) is 0 Å². The van der Waals surface area contributed by atoms with Crippen molar-refractivity contribution >= 4 is 32.5 Å². The minimum absolute atomic E-state index is 0.0675. The van der Waals surface area contributed by atoms with Crippen molar-refractivity contribution in [1.82, 2.24) is 4.57 Å². The van der Waals surface area contributed by atoms with Gasteiger partial charge in [0, 0.05) is 9.86 Å². The van der Waals surface area contributed by atoms with Gasteiger partial charge in [-0.1, -0.05) is 28.1 Å². The van der Waals surface area contributed by atoms with Crippen molar-refractivity contribution in [1.29, 1.82) is 0 Å². The lowest BCUT2D eigenvalue weighted by Gasteiger charge is -2.10. The molecule has 0 aliphatic carbocycles. The van der Waals surface area contributed by atoms with Crippen LogP contribution in [0.15, 0.2) is 46.0 Å². The molecule has 1 aromatic heterocycles. The van der Waals surface area contributed by atoms with Crippen LogP contribution < -0.4 is 4.74 Å². The molecule has 3 rings (SSSR count). The van der Waals surface area contributed by atoms with E-state index >= 15 is 0 Å². The van der Waals surface area contributed by atoms with E-state index in [2.05, 4.69) is 21.1 Å². The lowest BCUT2D eigenvalue weighted by atomic mass is 10.1. The first-order chi connectivity index (χ1) is 11.0. The summed E-state index contributed by atoms with van der Waals surface area (Å²) in [4.78, 5) is 11.2. The Bertz CT molecular complexity index is 885. The zero-order valence-corrected chi connectivity index (χ0v) is 14.3. The summed E-state index contributed by atoms with van der Waals surface area (Å²) in [7, 11) is 1.61. The molecule has 5 nitrogen and oxygen atoms in total. The van der Waals surface area contributed by atoms with E-state index in [9.17, 15) is 10.0 Å². The van der Waals surface area contributed by atoms with Gasteiger partial charge in [-0.05, 0) is 47.5 Å². The second-order valence-electron chi connectivity index (χ2n) is 5.32. The van der Waals surface area contributed by atoms with Crippen LogP contribution >= 0.6 is 15.9 Å². The van der Waals surface area contributed by atoms with Gasteiger partial charge in [0.2, 0.25) is 5.88 Å². The van der Waals surface area contributed by atoms with E-state index in [1.165, 1.54) is 0 Å². The van der Waals surface area contributed by atoms with E-state index in [0.29, 0.717) is 11.9 Å². The molecule has 0 aliphatic rings. The summed E-state index contributed by atoms with van der Waals surface area (Å²) < 4.78 is 7.70. The first-order valence-electron chi connectivity index (χ1n) is 7.02. The van der Waals surface area contributed by atoms with Crippen LogP contribution in [-0.2, 0) is 6.54 Å². The molecule has 6 heteroatoms. The molecule has 0 saturated heterocycles. The topological polar surface area (TPSA) is 63.8 Å². The Morgan fingerprint density at radius 2 is 1.96 bits per heavy atom. The van der Waals surface area contributed by atoms with Crippen LogP contribution in [0.4, 0.5) is 5.69 Å². The third-order valence-electron chi connectivity index (χ3n) is 3.85. The van der Waals surface area contributed by atoms with E-state index in [-0.39, 0.29) is 11.6 Å². The van der Waals surface area contributed by atoms with Crippen molar-refractivity contribution in [2.45, 2.75) is 13.5 Å². The number of aromatic nitrogens is 1. The van der Waals surface area contributed by atoms with Gasteiger partial charge in [0.25, 0.3) is 0 Å². The molecule has 23 heavy (non-hydrogen) atoms. The van der Waals surface area contributed by atoms with E-state index in [0.717, 1.165) is 26.9 Å². The number of ether oxygens (including phenoxy) is 1. The first kappa shape index (κ1) is 15.6. The van der Waals surface area contributed by atoms with Crippen LogP contribution in [0.2, 0.25) is 0 Å². The molecule has 3 aromatic rings. The molecule has 0 unspecified atom stereocenters. The molecule has 1 N–H and O–H groups in total. The molecule has 1 heterocycles. The van der Waals surface area contributed by atoms with Crippen LogP contribution in [0.25, 0.3) is 10.9 Å². The van der Waals surface area contributed by atoms with Gasteiger partial charge in [-0.2, -0.15) is 0 Å². The largest absolute Gasteiger partial charge is 0.497 e. The van der Waals surface area contributed by atoms with Gasteiger partial charge in [0.15, 0.2) is 5.69 Å². The predicted molar refractivity (Wildman–Crippen MR) is 93.6 cm³/mol. The second-order valence-corrected chi connectivity index (χ2v) is 6.23. The lowest BCUT2D eigenvalue weighted by Crippen LogP contribution is -2.00. The molecule has 0 bridgehead atoms. The summed E-state index contributed by atoms with van der Waals surface area (Å²) in [6.45, 7) is 2.37. The van der Waals surface area contributed by atoms with Gasteiger partial charge < -0.3 is 14.4 Å². The van der Waals surface area contributed by atoms with Gasteiger partial charge in [0.05, 0.1) is 19.2 Å². The summed E-state index contributed by atoms with van der Waals surface area (Å²) in [6, 6.07) is 11.3. The number of fused-ring (bicyclic) bond motifs is 1. The molecule has 0 aliphatic heterocycles. The summed E-state index contributed by atoms with van der Waals surface area (Å²) in [6.07, 6.45) is 0. The van der Waals surface area contributed by atoms with Crippen molar-refractivity contribution < 1.29 is 9.84 Å². The fourth-order valence-corrected chi connectivity index (χ4v) is 3.36. The van der Waals surface area contributed by atoms with Crippen LogP contribution in [0, 0.1) is 11.8 Å². The minimum Gasteiger partial charge on any atom is -0.497 e.